The molecule has 3 heterocycles. The van der Waals surface area contributed by atoms with E-state index < -0.39 is 11.6 Å². The van der Waals surface area contributed by atoms with Gasteiger partial charge in [0.25, 0.3) is 0 Å². The van der Waals surface area contributed by atoms with E-state index in [0.29, 0.717) is 19.0 Å². The third-order valence-electron chi connectivity index (χ3n) is 8.80. The molecule has 228 valence electrons. The Kier molecular flexibility index (Phi) is 7.67. The number of thioether (sulfide) groups is 1. The average molecular weight is 617 g/mol. The first-order valence-corrected chi connectivity index (χ1v) is 16.2. The van der Waals surface area contributed by atoms with Crippen molar-refractivity contribution in [2.45, 2.75) is 55.1 Å². The molecule has 0 spiro atoms. The van der Waals surface area contributed by atoms with E-state index in [-0.39, 0.29) is 22.1 Å². The average Bonchev–Trinajstić information content (AvgIpc) is 3.62. The fourth-order valence-electron chi connectivity index (χ4n) is 6.76. The Morgan fingerprint density at radius 3 is 1.93 bits per heavy atom. The number of β-lactam (4-membered cyclic amide) rings is 1. The highest BCUT2D eigenvalue weighted by Gasteiger charge is 2.64. The van der Waals surface area contributed by atoms with Crippen LogP contribution in [0.2, 0.25) is 0 Å². The van der Waals surface area contributed by atoms with Gasteiger partial charge >= 0.3 is 0 Å². The number of hydrogen-bond donors (Lipinski definition) is 1. The number of benzene rings is 4. The molecule has 1 amide bonds. The Morgan fingerprint density at radius 2 is 1.40 bits per heavy atom. The number of rotatable bonds is 10. The summed E-state index contributed by atoms with van der Waals surface area (Å²) in [6.07, 6.45) is 0. The van der Waals surface area contributed by atoms with Gasteiger partial charge in [-0.3, -0.25) is 10.1 Å². The number of carbonyl (C=O) groups is 1. The maximum atomic E-state index is 14.3. The van der Waals surface area contributed by atoms with Gasteiger partial charge in [0.05, 0.1) is 18.7 Å². The quantitative estimate of drug-likeness (QED) is 0.157. The number of hydrogen-bond acceptors (Lipinski definition) is 7. The van der Waals surface area contributed by atoms with Crippen LogP contribution in [0.3, 0.4) is 0 Å². The van der Waals surface area contributed by atoms with E-state index in [2.05, 4.69) is 107 Å². The van der Waals surface area contributed by atoms with Crippen LogP contribution in [0.5, 0.6) is 5.75 Å². The summed E-state index contributed by atoms with van der Waals surface area (Å²) in [6.45, 7) is 7.45. The van der Waals surface area contributed by atoms with Crippen molar-refractivity contribution in [2.75, 3.05) is 6.61 Å². The van der Waals surface area contributed by atoms with Crippen molar-refractivity contribution in [1.82, 2.24) is 30.4 Å². The smallest absolute Gasteiger partial charge is 0.244 e. The molecule has 2 fully saturated rings. The molecule has 0 aliphatic carbocycles. The minimum absolute atomic E-state index is 0.0471. The number of tetrazole rings is 1. The molecule has 2 aliphatic rings. The molecule has 2 saturated heterocycles. The molecule has 8 nitrogen and oxygen atoms in total. The first-order valence-electron chi connectivity index (χ1n) is 15.3. The lowest BCUT2D eigenvalue weighted by molar-refractivity contribution is -0.150. The number of amides is 1. The van der Waals surface area contributed by atoms with Gasteiger partial charge in [0.1, 0.15) is 23.2 Å². The summed E-state index contributed by atoms with van der Waals surface area (Å²) in [6, 6.07) is 38.5. The van der Waals surface area contributed by atoms with E-state index in [0.717, 1.165) is 28.0 Å². The summed E-state index contributed by atoms with van der Waals surface area (Å²) in [7, 11) is 0. The predicted octanol–water partition coefficient (Wildman–Crippen LogP) is 5.81. The van der Waals surface area contributed by atoms with E-state index >= 15 is 0 Å². The van der Waals surface area contributed by atoms with Gasteiger partial charge in [-0.2, -0.15) is 0 Å². The van der Waals surface area contributed by atoms with Crippen LogP contribution in [0.1, 0.15) is 54.9 Å². The molecule has 0 saturated carbocycles. The molecular weight excluding hydrogens is 581 g/mol. The van der Waals surface area contributed by atoms with Crippen LogP contribution in [0.4, 0.5) is 0 Å². The second kappa shape index (κ2) is 11.8. The molecule has 9 heteroatoms. The Hall–Kier alpha value is -4.47. The van der Waals surface area contributed by atoms with E-state index in [1.165, 1.54) is 0 Å². The lowest BCUT2D eigenvalue weighted by Gasteiger charge is -2.49. The summed E-state index contributed by atoms with van der Waals surface area (Å²) in [5, 5.41) is 16.7. The fraction of sp³-hybridized carbons (Fsp3) is 0.278. The topological polar surface area (TPSA) is 85.2 Å². The Labute approximate surface area is 267 Å². The van der Waals surface area contributed by atoms with Crippen LogP contribution in [0.25, 0.3) is 0 Å². The molecule has 2 unspecified atom stereocenters. The van der Waals surface area contributed by atoms with Crippen LogP contribution in [0.15, 0.2) is 115 Å². The van der Waals surface area contributed by atoms with Gasteiger partial charge in [-0.15, -0.1) is 16.9 Å². The number of carbonyl (C=O) groups excluding carboxylic acids is 1. The van der Waals surface area contributed by atoms with Crippen molar-refractivity contribution in [2.24, 2.45) is 0 Å². The standard InChI is InChI=1S/C36H36N6O2S/c1-4-44-29-22-20-25(21-23-29)24-41-32(38-39-40-41)31-35(2,3)45-34-30(33(43)42(31)34)37-36(26-14-8-5-9-15-26,27-16-10-6-11-17-27)28-18-12-7-13-19-28/h5-23,30-31,34,37H,4,24H2,1-3H3/t30?,31?,34-/m0/s1. The highest BCUT2D eigenvalue weighted by molar-refractivity contribution is 8.01. The lowest BCUT2D eigenvalue weighted by atomic mass is 9.76. The highest BCUT2D eigenvalue weighted by Crippen LogP contribution is 2.57. The van der Waals surface area contributed by atoms with Crippen molar-refractivity contribution in [3.63, 3.8) is 0 Å². The number of nitrogens with one attached hydrogen (secondary N) is 1. The number of nitrogens with zero attached hydrogens (tertiary/aromatic N) is 5. The maximum Gasteiger partial charge on any atom is 0.244 e. The summed E-state index contributed by atoms with van der Waals surface area (Å²) < 4.78 is 7.10. The second-order valence-corrected chi connectivity index (χ2v) is 13.8. The number of aromatic nitrogens is 4. The molecule has 3 atom stereocenters. The first-order chi connectivity index (χ1) is 21.9. The van der Waals surface area contributed by atoms with Crippen LogP contribution in [0, 0.1) is 0 Å². The van der Waals surface area contributed by atoms with Crippen molar-refractivity contribution in [3.8, 4) is 5.75 Å². The van der Waals surface area contributed by atoms with Crippen molar-refractivity contribution >= 4 is 17.7 Å². The summed E-state index contributed by atoms with van der Waals surface area (Å²) >= 11 is 1.80. The van der Waals surface area contributed by atoms with Crippen molar-refractivity contribution < 1.29 is 9.53 Å². The highest BCUT2D eigenvalue weighted by atomic mass is 32.2. The number of ether oxygens (including phenoxy) is 1. The van der Waals surface area contributed by atoms with Crippen LogP contribution in [-0.2, 0) is 16.9 Å². The van der Waals surface area contributed by atoms with Crippen LogP contribution in [-0.4, -0.2) is 53.8 Å². The minimum atomic E-state index is -0.742. The van der Waals surface area contributed by atoms with Crippen molar-refractivity contribution in [3.05, 3.63) is 143 Å². The Morgan fingerprint density at radius 1 is 0.844 bits per heavy atom. The number of fused-ring (bicyclic) bond motifs is 1. The molecule has 2 aliphatic heterocycles. The Balaban J connectivity index is 1.23. The zero-order chi connectivity index (χ0) is 31.0. The van der Waals surface area contributed by atoms with Gasteiger partial charge < -0.3 is 9.64 Å². The molecule has 1 N–H and O–H groups in total. The Bertz CT molecular complexity index is 1670. The predicted molar refractivity (Wildman–Crippen MR) is 176 cm³/mol. The summed E-state index contributed by atoms with van der Waals surface area (Å²) in [5.74, 6) is 1.57. The molecule has 45 heavy (non-hydrogen) atoms. The van der Waals surface area contributed by atoms with Gasteiger partial charge in [0, 0.05) is 4.75 Å². The molecule has 0 bridgehead atoms. The van der Waals surface area contributed by atoms with E-state index in [1.807, 2.05) is 59.0 Å². The van der Waals surface area contributed by atoms with Crippen molar-refractivity contribution in [1.29, 1.82) is 0 Å². The van der Waals surface area contributed by atoms with E-state index in [1.54, 1.807) is 11.8 Å². The SMILES string of the molecule is CCOc1ccc(Cn2nnnc2C2N3C(=O)C(NC(c4ccccc4)(c4ccccc4)c4ccccc4)[C@@H]3SC2(C)C)cc1. The molecule has 5 aromatic rings. The third-order valence-corrected chi connectivity index (χ3v) is 10.4. The van der Waals surface area contributed by atoms with Gasteiger partial charge in [-0.05, 0) is 65.6 Å². The molecular formula is C36H36N6O2S. The molecule has 4 aromatic carbocycles. The summed E-state index contributed by atoms with van der Waals surface area (Å²) in [4.78, 5) is 16.3. The fourth-order valence-corrected chi connectivity index (χ4v) is 8.39. The maximum absolute atomic E-state index is 14.3. The van der Waals surface area contributed by atoms with Gasteiger partial charge in [-0.1, -0.05) is 103 Å². The van der Waals surface area contributed by atoms with E-state index in [4.69, 9.17) is 4.74 Å². The summed E-state index contributed by atoms with van der Waals surface area (Å²) in [5.41, 5.74) is 3.54. The van der Waals surface area contributed by atoms with Crippen LogP contribution < -0.4 is 10.1 Å². The monoisotopic (exact) mass is 616 g/mol. The van der Waals surface area contributed by atoms with E-state index in [9.17, 15) is 4.79 Å². The molecule has 7 rings (SSSR count). The lowest BCUT2D eigenvalue weighted by Crippen LogP contribution is -2.70. The first kappa shape index (κ1) is 29.3. The molecule has 1 aromatic heterocycles. The third kappa shape index (κ3) is 5.10. The molecule has 0 radical (unpaired) electrons. The zero-order valence-corrected chi connectivity index (χ0v) is 26.4. The van der Waals surface area contributed by atoms with Gasteiger partial charge in [-0.25, -0.2) is 4.68 Å². The van der Waals surface area contributed by atoms with Gasteiger partial charge in [0.2, 0.25) is 5.91 Å². The van der Waals surface area contributed by atoms with Gasteiger partial charge in [0.15, 0.2) is 5.82 Å². The zero-order valence-electron chi connectivity index (χ0n) is 25.6. The van der Waals surface area contributed by atoms with Crippen LogP contribution >= 0.6 is 11.8 Å². The second-order valence-electron chi connectivity index (χ2n) is 12.0. The minimum Gasteiger partial charge on any atom is -0.494 e. The largest absolute Gasteiger partial charge is 0.494 e. The normalized spacial score (nSPS) is 20.5.